The molecule has 148 valence electrons. The number of para-hydroxylation sites is 1. The summed E-state index contributed by atoms with van der Waals surface area (Å²) in [7, 11) is 0. The van der Waals surface area contributed by atoms with Gasteiger partial charge in [-0.3, -0.25) is 9.69 Å². The van der Waals surface area contributed by atoms with Crippen LogP contribution < -0.4 is 4.90 Å². The van der Waals surface area contributed by atoms with Crippen molar-refractivity contribution in [3.05, 3.63) is 30.1 Å². The maximum absolute atomic E-state index is 14.1. The van der Waals surface area contributed by atoms with Gasteiger partial charge in [-0.05, 0) is 37.8 Å². The molecule has 3 fully saturated rings. The Bertz CT molecular complexity index is 667. The van der Waals surface area contributed by atoms with Crippen molar-refractivity contribution in [1.29, 1.82) is 0 Å². The third-order valence-electron chi connectivity index (χ3n) is 6.57. The summed E-state index contributed by atoms with van der Waals surface area (Å²) >= 11 is 0. The van der Waals surface area contributed by atoms with Gasteiger partial charge in [-0.15, -0.1) is 0 Å². The number of morpholine rings is 1. The highest BCUT2D eigenvalue weighted by Gasteiger charge is 2.42. The number of benzene rings is 1. The van der Waals surface area contributed by atoms with E-state index in [4.69, 9.17) is 4.74 Å². The van der Waals surface area contributed by atoms with Gasteiger partial charge in [0.05, 0.1) is 17.9 Å². The molecular weight excluding hydrogens is 345 g/mol. The summed E-state index contributed by atoms with van der Waals surface area (Å²) in [6.07, 6.45) is 3.97. The summed E-state index contributed by atoms with van der Waals surface area (Å²) in [5, 5.41) is 0. The zero-order valence-electron chi connectivity index (χ0n) is 16.2. The summed E-state index contributed by atoms with van der Waals surface area (Å²) in [4.78, 5) is 18.3. The number of halogens is 1. The zero-order chi connectivity index (χ0) is 18.9. The molecule has 6 heteroatoms. The largest absolute Gasteiger partial charge is 0.372 e. The topological polar surface area (TPSA) is 36.0 Å². The fourth-order valence-electron chi connectivity index (χ4n) is 4.90. The average Bonchev–Trinajstić information content (AvgIpc) is 2.69. The van der Waals surface area contributed by atoms with Crippen molar-refractivity contribution in [1.82, 2.24) is 9.80 Å². The number of likely N-dealkylation sites (tertiary alicyclic amines) is 1. The first kappa shape index (κ1) is 18.7. The number of carbonyl (C=O) groups excluding carboxylic acids is 1. The van der Waals surface area contributed by atoms with Crippen LogP contribution in [0.1, 0.15) is 32.6 Å². The lowest BCUT2D eigenvalue weighted by atomic mass is 9.88. The van der Waals surface area contributed by atoms with Crippen LogP contribution in [-0.2, 0) is 9.53 Å². The Morgan fingerprint density at radius 1 is 1.11 bits per heavy atom. The molecule has 3 heterocycles. The third-order valence-corrected chi connectivity index (χ3v) is 6.57. The lowest BCUT2D eigenvalue weighted by molar-refractivity contribution is -0.154. The van der Waals surface area contributed by atoms with Gasteiger partial charge in [0.1, 0.15) is 5.82 Å². The van der Waals surface area contributed by atoms with E-state index in [0.717, 1.165) is 77.2 Å². The molecule has 0 saturated carbocycles. The van der Waals surface area contributed by atoms with Crippen molar-refractivity contribution >= 4 is 11.6 Å². The molecule has 4 rings (SSSR count). The Balaban J connectivity index is 1.34. The second-order valence-electron chi connectivity index (χ2n) is 8.18. The molecule has 3 aliphatic rings. The molecule has 0 unspecified atom stereocenters. The third kappa shape index (κ3) is 3.97. The fraction of sp³-hybridized carbons (Fsp3) is 0.667. The van der Waals surface area contributed by atoms with Gasteiger partial charge in [-0.2, -0.15) is 0 Å². The van der Waals surface area contributed by atoms with Crippen LogP contribution in [0, 0.1) is 5.82 Å². The Morgan fingerprint density at radius 3 is 2.48 bits per heavy atom. The van der Waals surface area contributed by atoms with Gasteiger partial charge in [0.2, 0.25) is 5.91 Å². The summed E-state index contributed by atoms with van der Waals surface area (Å²) in [5.41, 5.74) is 0.637. The minimum Gasteiger partial charge on any atom is -0.372 e. The van der Waals surface area contributed by atoms with E-state index in [-0.39, 0.29) is 17.3 Å². The molecule has 0 N–H and O–H groups in total. The van der Waals surface area contributed by atoms with Crippen molar-refractivity contribution in [3.63, 3.8) is 0 Å². The van der Waals surface area contributed by atoms with E-state index in [9.17, 15) is 9.18 Å². The number of rotatable bonds is 2. The number of piperidine rings is 2. The van der Waals surface area contributed by atoms with Crippen LogP contribution in [0.3, 0.4) is 0 Å². The number of hydrogen-bond donors (Lipinski definition) is 0. The van der Waals surface area contributed by atoms with Crippen molar-refractivity contribution in [2.24, 2.45) is 0 Å². The van der Waals surface area contributed by atoms with Crippen LogP contribution in [0.4, 0.5) is 10.1 Å². The molecule has 0 bridgehead atoms. The van der Waals surface area contributed by atoms with Gasteiger partial charge < -0.3 is 14.5 Å². The van der Waals surface area contributed by atoms with E-state index >= 15 is 0 Å². The fourth-order valence-corrected chi connectivity index (χ4v) is 4.90. The molecule has 3 aliphatic heterocycles. The molecule has 0 radical (unpaired) electrons. The Kier molecular flexibility index (Phi) is 5.37. The molecule has 0 aliphatic carbocycles. The first-order valence-corrected chi connectivity index (χ1v) is 10.2. The lowest BCUT2D eigenvalue weighted by Crippen LogP contribution is -2.60. The molecule has 1 amide bonds. The van der Waals surface area contributed by atoms with Gasteiger partial charge in [0, 0.05) is 52.2 Å². The Morgan fingerprint density at radius 2 is 1.81 bits per heavy atom. The molecule has 0 atom stereocenters. The van der Waals surface area contributed by atoms with Crippen molar-refractivity contribution in [2.75, 3.05) is 50.8 Å². The van der Waals surface area contributed by atoms with Crippen LogP contribution in [0.25, 0.3) is 0 Å². The summed E-state index contributed by atoms with van der Waals surface area (Å²) < 4.78 is 20.3. The van der Waals surface area contributed by atoms with Crippen LogP contribution >= 0.6 is 0 Å². The summed E-state index contributed by atoms with van der Waals surface area (Å²) in [6, 6.07) is 7.61. The normalized spacial score (nSPS) is 24.4. The van der Waals surface area contributed by atoms with Crippen LogP contribution in [-0.4, -0.2) is 73.2 Å². The number of amides is 1. The van der Waals surface area contributed by atoms with Gasteiger partial charge in [-0.25, -0.2) is 4.39 Å². The first-order chi connectivity index (χ1) is 13.1. The Hall–Kier alpha value is -1.66. The highest BCUT2D eigenvalue weighted by molar-refractivity contribution is 5.73. The molecule has 5 nitrogen and oxygen atoms in total. The van der Waals surface area contributed by atoms with Gasteiger partial charge in [-0.1, -0.05) is 12.1 Å². The average molecular weight is 375 g/mol. The molecule has 1 aromatic rings. The highest BCUT2D eigenvalue weighted by atomic mass is 19.1. The van der Waals surface area contributed by atoms with E-state index in [2.05, 4.69) is 9.80 Å². The number of carbonyl (C=O) groups is 1. The van der Waals surface area contributed by atoms with Crippen LogP contribution in [0.5, 0.6) is 0 Å². The van der Waals surface area contributed by atoms with E-state index in [1.807, 2.05) is 17.0 Å². The number of hydrogen-bond acceptors (Lipinski definition) is 4. The molecule has 1 spiro atoms. The monoisotopic (exact) mass is 375 g/mol. The molecule has 1 aromatic carbocycles. The maximum atomic E-state index is 14.1. The quantitative estimate of drug-likeness (QED) is 0.796. The smallest absolute Gasteiger partial charge is 0.219 e. The van der Waals surface area contributed by atoms with Gasteiger partial charge in [0.25, 0.3) is 0 Å². The number of anilines is 1. The van der Waals surface area contributed by atoms with Crippen molar-refractivity contribution in [3.8, 4) is 0 Å². The van der Waals surface area contributed by atoms with Crippen LogP contribution in [0.2, 0.25) is 0 Å². The zero-order valence-corrected chi connectivity index (χ0v) is 16.2. The SMILES string of the molecule is CC(=O)N1CCC2(CC1)CN(C1CCN(c3ccccc3F)CC1)CCO2. The van der Waals surface area contributed by atoms with E-state index in [1.165, 1.54) is 0 Å². The predicted molar refractivity (Wildman–Crippen MR) is 103 cm³/mol. The highest BCUT2D eigenvalue weighted by Crippen LogP contribution is 2.33. The summed E-state index contributed by atoms with van der Waals surface area (Å²) in [6.45, 7) is 7.75. The van der Waals surface area contributed by atoms with E-state index in [1.54, 1.807) is 19.1 Å². The number of ether oxygens (including phenoxy) is 1. The van der Waals surface area contributed by atoms with E-state index in [0.29, 0.717) is 6.04 Å². The number of nitrogens with zero attached hydrogens (tertiary/aromatic N) is 3. The van der Waals surface area contributed by atoms with Crippen molar-refractivity contribution < 1.29 is 13.9 Å². The summed E-state index contributed by atoms with van der Waals surface area (Å²) in [5.74, 6) is 0.0385. The minimum atomic E-state index is -0.126. The maximum Gasteiger partial charge on any atom is 0.219 e. The second-order valence-corrected chi connectivity index (χ2v) is 8.18. The first-order valence-electron chi connectivity index (χ1n) is 10.2. The van der Waals surface area contributed by atoms with Gasteiger partial charge >= 0.3 is 0 Å². The standard InChI is InChI=1S/C21H30FN3O2/c1-17(26)23-12-8-21(9-13-23)16-25(14-15-27-21)18-6-10-24(11-7-18)20-5-3-2-4-19(20)22/h2-5,18H,6-16H2,1H3. The molecular formula is C21H30FN3O2. The van der Waals surface area contributed by atoms with Crippen LogP contribution in [0.15, 0.2) is 24.3 Å². The Labute approximate surface area is 161 Å². The molecule has 27 heavy (non-hydrogen) atoms. The minimum absolute atomic E-state index is 0.0904. The van der Waals surface area contributed by atoms with E-state index < -0.39 is 0 Å². The lowest BCUT2D eigenvalue weighted by Gasteiger charge is -2.50. The predicted octanol–water partition coefficient (Wildman–Crippen LogP) is 2.51. The van der Waals surface area contributed by atoms with Gasteiger partial charge in [0.15, 0.2) is 0 Å². The van der Waals surface area contributed by atoms with Crippen molar-refractivity contribution in [2.45, 2.75) is 44.2 Å². The molecule has 3 saturated heterocycles. The second kappa shape index (κ2) is 7.76. The molecule has 0 aromatic heterocycles.